The van der Waals surface area contributed by atoms with Gasteiger partial charge in [0.15, 0.2) is 0 Å². The van der Waals surface area contributed by atoms with Crippen LogP contribution >= 0.6 is 0 Å². The number of ether oxygens (including phenoxy) is 1. The van der Waals surface area contributed by atoms with Gasteiger partial charge in [-0.25, -0.2) is 0 Å². The number of rotatable bonds is 6. The molecule has 1 unspecified atom stereocenters. The van der Waals surface area contributed by atoms with Crippen LogP contribution in [0.5, 0.6) is 5.75 Å². The summed E-state index contributed by atoms with van der Waals surface area (Å²) in [5, 5.41) is 14.1. The highest BCUT2D eigenvalue weighted by molar-refractivity contribution is 6.51. The Bertz CT molecular complexity index is 1350. The Labute approximate surface area is 209 Å². The number of Topliss-reactive ketones (excluding diaryl/α,β-unsaturated/α-hetero) is 1. The lowest BCUT2D eigenvalue weighted by atomic mass is 9.93. The van der Waals surface area contributed by atoms with E-state index >= 15 is 0 Å². The van der Waals surface area contributed by atoms with Crippen LogP contribution in [0.4, 0.5) is 11.4 Å². The predicted molar refractivity (Wildman–Crippen MR) is 137 cm³/mol. The van der Waals surface area contributed by atoms with Crippen LogP contribution in [-0.2, 0) is 14.4 Å². The Morgan fingerprint density at radius 2 is 1.83 bits per heavy atom. The number of nitrogens with zero attached hydrogens (tertiary/aromatic N) is 2. The van der Waals surface area contributed by atoms with E-state index in [0.29, 0.717) is 28.3 Å². The Kier molecular flexibility index (Phi) is 6.87. The predicted octanol–water partition coefficient (Wildman–Crippen LogP) is 4.80. The molecular weight excluding hydrogens is 458 g/mol. The van der Waals surface area contributed by atoms with E-state index in [1.54, 1.807) is 74.1 Å². The highest BCUT2D eigenvalue weighted by atomic mass is 16.5. The van der Waals surface area contributed by atoms with Crippen molar-refractivity contribution in [2.75, 3.05) is 17.3 Å². The van der Waals surface area contributed by atoms with Gasteiger partial charge in [-0.2, -0.15) is 0 Å². The Morgan fingerprint density at radius 1 is 1.11 bits per heavy atom. The number of pyridine rings is 1. The molecular formula is C28H27N3O5. The van der Waals surface area contributed by atoms with Crippen LogP contribution in [-0.4, -0.2) is 34.8 Å². The molecule has 8 nitrogen and oxygen atoms in total. The van der Waals surface area contributed by atoms with Gasteiger partial charge in [0.2, 0.25) is 5.91 Å². The molecule has 0 aliphatic carbocycles. The third kappa shape index (κ3) is 4.57. The molecule has 0 radical (unpaired) electrons. The zero-order valence-corrected chi connectivity index (χ0v) is 20.5. The fourth-order valence-corrected chi connectivity index (χ4v) is 4.35. The minimum Gasteiger partial charge on any atom is -0.507 e. The number of nitrogens with one attached hydrogen (secondary N) is 1. The van der Waals surface area contributed by atoms with E-state index in [2.05, 4.69) is 10.3 Å². The molecule has 36 heavy (non-hydrogen) atoms. The number of hydrogen-bond acceptors (Lipinski definition) is 6. The summed E-state index contributed by atoms with van der Waals surface area (Å²) in [6.07, 6.45) is 3.16. The smallest absolute Gasteiger partial charge is 0.300 e. The lowest BCUT2D eigenvalue weighted by molar-refractivity contribution is -0.132. The van der Waals surface area contributed by atoms with Crippen LogP contribution in [0, 0.1) is 0 Å². The molecule has 0 saturated carbocycles. The molecule has 8 heteroatoms. The van der Waals surface area contributed by atoms with Gasteiger partial charge in [-0.05, 0) is 65.6 Å². The third-order valence-electron chi connectivity index (χ3n) is 6.04. The monoisotopic (exact) mass is 485 g/mol. The second-order valence-electron chi connectivity index (χ2n) is 8.79. The largest absolute Gasteiger partial charge is 0.507 e. The first kappa shape index (κ1) is 24.7. The number of ketones is 1. The van der Waals surface area contributed by atoms with E-state index in [0.717, 1.165) is 5.56 Å². The fraction of sp³-hybridized carbons (Fsp3) is 0.214. The second-order valence-corrected chi connectivity index (χ2v) is 8.79. The van der Waals surface area contributed by atoms with Gasteiger partial charge in [-0.1, -0.05) is 19.9 Å². The van der Waals surface area contributed by atoms with Gasteiger partial charge in [0, 0.05) is 36.3 Å². The summed E-state index contributed by atoms with van der Waals surface area (Å²) in [5.74, 6) is -1.29. The van der Waals surface area contributed by atoms with Gasteiger partial charge in [0.25, 0.3) is 11.7 Å². The summed E-state index contributed by atoms with van der Waals surface area (Å²) in [7, 11) is 1.58. The Balaban J connectivity index is 1.88. The highest BCUT2D eigenvalue weighted by Gasteiger charge is 2.47. The molecule has 1 aliphatic heterocycles. The maximum Gasteiger partial charge on any atom is 0.300 e. The number of aliphatic hydroxyl groups excluding tert-OH is 1. The zero-order valence-electron chi connectivity index (χ0n) is 20.5. The van der Waals surface area contributed by atoms with E-state index in [-0.39, 0.29) is 23.2 Å². The molecule has 0 spiro atoms. The van der Waals surface area contributed by atoms with E-state index < -0.39 is 17.7 Å². The normalized spacial score (nSPS) is 16.9. The summed E-state index contributed by atoms with van der Waals surface area (Å²) in [6.45, 7) is 5.40. The van der Waals surface area contributed by atoms with E-state index in [4.69, 9.17) is 4.74 Å². The zero-order chi connectivity index (χ0) is 26.0. The van der Waals surface area contributed by atoms with Crippen LogP contribution in [0.3, 0.4) is 0 Å². The number of aliphatic hydroxyl groups is 1. The lowest BCUT2D eigenvalue weighted by Crippen LogP contribution is -2.29. The molecule has 4 rings (SSSR count). The minimum absolute atomic E-state index is 0.0289. The molecule has 2 heterocycles. The van der Waals surface area contributed by atoms with Crippen molar-refractivity contribution in [3.8, 4) is 5.75 Å². The number of benzene rings is 2. The summed E-state index contributed by atoms with van der Waals surface area (Å²) in [5.41, 5.74) is 2.81. The first-order valence-corrected chi connectivity index (χ1v) is 11.5. The fourth-order valence-electron chi connectivity index (χ4n) is 4.35. The quantitative estimate of drug-likeness (QED) is 0.295. The van der Waals surface area contributed by atoms with Crippen LogP contribution in [0.2, 0.25) is 0 Å². The van der Waals surface area contributed by atoms with Crippen molar-refractivity contribution < 1.29 is 24.2 Å². The van der Waals surface area contributed by atoms with Crippen molar-refractivity contribution in [3.63, 3.8) is 0 Å². The number of carbonyl (C=O) groups is 3. The van der Waals surface area contributed by atoms with Crippen molar-refractivity contribution >= 4 is 34.7 Å². The highest BCUT2D eigenvalue weighted by Crippen LogP contribution is 2.42. The summed E-state index contributed by atoms with van der Waals surface area (Å²) in [4.78, 5) is 43.5. The molecule has 2 amide bonds. The number of amides is 2. The maximum absolute atomic E-state index is 13.3. The standard InChI is InChI=1S/C28H27N3O5/c1-16(2)22-14-18(7-12-23(22)36-4)26(33)24-25(19-6-5-13-29-15-19)31(28(35)27(24)34)21-10-8-20(9-11-21)30-17(3)32/h5-16,25,33H,1-4H3,(H,30,32)/b26-24-. The van der Waals surface area contributed by atoms with Crippen molar-refractivity contribution in [2.45, 2.75) is 32.7 Å². The van der Waals surface area contributed by atoms with Gasteiger partial charge in [-0.15, -0.1) is 0 Å². The molecule has 1 aliphatic rings. The Morgan fingerprint density at radius 3 is 2.42 bits per heavy atom. The first-order chi connectivity index (χ1) is 17.2. The van der Waals surface area contributed by atoms with Crippen LogP contribution in [0.1, 0.15) is 49.4 Å². The van der Waals surface area contributed by atoms with Gasteiger partial charge in [-0.3, -0.25) is 24.3 Å². The summed E-state index contributed by atoms with van der Waals surface area (Å²) >= 11 is 0. The van der Waals surface area contributed by atoms with Crippen molar-refractivity contribution in [1.82, 2.24) is 4.98 Å². The second kappa shape index (κ2) is 10.0. The maximum atomic E-state index is 13.3. The average Bonchev–Trinajstić information content (AvgIpc) is 3.14. The molecule has 1 atom stereocenters. The van der Waals surface area contributed by atoms with Crippen molar-refractivity contribution in [1.29, 1.82) is 0 Å². The number of carbonyl (C=O) groups excluding carboxylic acids is 3. The van der Waals surface area contributed by atoms with E-state index in [1.165, 1.54) is 11.8 Å². The number of anilines is 2. The van der Waals surface area contributed by atoms with Crippen LogP contribution in [0.15, 0.2) is 72.6 Å². The van der Waals surface area contributed by atoms with Crippen molar-refractivity contribution in [2.24, 2.45) is 0 Å². The number of methoxy groups -OCH3 is 1. The Hall–Kier alpha value is -4.46. The SMILES string of the molecule is COc1ccc(/C(O)=C2/C(=O)C(=O)N(c3ccc(NC(C)=O)cc3)C2c2cccnc2)cc1C(C)C. The van der Waals surface area contributed by atoms with Crippen LogP contribution < -0.4 is 15.0 Å². The third-order valence-corrected chi connectivity index (χ3v) is 6.04. The molecule has 2 aromatic carbocycles. The molecule has 1 saturated heterocycles. The van der Waals surface area contributed by atoms with Gasteiger partial charge in [0.05, 0.1) is 18.7 Å². The number of aromatic nitrogens is 1. The van der Waals surface area contributed by atoms with Gasteiger partial charge >= 0.3 is 0 Å². The molecule has 1 aromatic heterocycles. The molecule has 2 N–H and O–H groups in total. The molecule has 3 aromatic rings. The number of hydrogen-bond donors (Lipinski definition) is 2. The van der Waals surface area contributed by atoms with Gasteiger partial charge in [0.1, 0.15) is 11.5 Å². The summed E-state index contributed by atoms with van der Waals surface area (Å²) < 4.78 is 5.44. The molecule has 0 bridgehead atoms. The lowest BCUT2D eigenvalue weighted by Gasteiger charge is -2.25. The topological polar surface area (TPSA) is 109 Å². The minimum atomic E-state index is -0.894. The summed E-state index contributed by atoms with van der Waals surface area (Å²) in [6, 6.07) is 14.3. The van der Waals surface area contributed by atoms with E-state index in [9.17, 15) is 19.5 Å². The first-order valence-electron chi connectivity index (χ1n) is 11.5. The van der Waals surface area contributed by atoms with Gasteiger partial charge < -0.3 is 15.2 Å². The average molecular weight is 486 g/mol. The van der Waals surface area contributed by atoms with E-state index in [1.807, 2.05) is 13.8 Å². The van der Waals surface area contributed by atoms with Crippen LogP contribution in [0.25, 0.3) is 5.76 Å². The molecule has 1 fully saturated rings. The van der Waals surface area contributed by atoms with Crippen molar-refractivity contribution in [3.05, 3.63) is 89.3 Å². The molecule has 184 valence electrons.